The van der Waals surface area contributed by atoms with Gasteiger partial charge in [0.1, 0.15) is 12.4 Å². The smallest absolute Gasteiger partial charge is 0.191 e. The summed E-state index contributed by atoms with van der Waals surface area (Å²) in [6.07, 6.45) is 7.26. The highest BCUT2D eigenvalue weighted by atomic mass is 16.5. The van der Waals surface area contributed by atoms with Crippen molar-refractivity contribution < 1.29 is 4.74 Å². The molecule has 27 heavy (non-hydrogen) atoms. The lowest BCUT2D eigenvalue weighted by atomic mass is 9.97. The first kappa shape index (κ1) is 23.4. The Bertz CT molecular complexity index is 529. The third-order valence-corrected chi connectivity index (χ3v) is 4.74. The minimum absolute atomic E-state index is 0.519. The second-order valence-corrected chi connectivity index (χ2v) is 7.04. The third-order valence-electron chi connectivity index (χ3n) is 4.74. The van der Waals surface area contributed by atoms with Gasteiger partial charge in [-0.3, -0.25) is 0 Å². The number of aliphatic imine (C=N–C) groups is 1. The summed E-state index contributed by atoms with van der Waals surface area (Å²) in [7, 11) is 1.98. The zero-order valence-electron chi connectivity index (χ0n) is 18.1. The maximum atomic E-state index is 5.42. The number of hydrogen-bond acceptors (Lipinski definition) is 4. The van der Waals surface area contributed by atoms with Crippen molar-refractivity contribution >= 4 is 5.96 Å². The molecule has 0 saturated heterocycles. The molecular weight excluding hydrogens is 340 g/mol. The van der Waals surface area contributed by atoms with Crippen LogP contribution < -0.4 is 10.6 Å². The molecule has 1 heterocycles. The van der Waals surface area contributed by atoms with Crippen LogP contribution in [0, 0.1) is 12.8 Å². The van der Waals surface area contributed by atoms with Gasteiger partial charge in [-0.1, -0.05) is 33.1 Å². The predicted molar refractivity (Wildman–Crippen MR) is 112 cm³/mol. The van der Waals surface area contributed by atoms with Crippen LogP contribution in [0.2, 0.25) is 0 Å². The molecule has 2 N–H and O–H groups in total. The van der Waals surface area contributed by atoms with Crippen LogP contribution in [0.4, 0.5) is 0 Å². The summed E-state index contributed by atoms with van der Waals surface area (Å²) >= 11 is 0. The van der Waals surface area contributed by atoms with Crippen LogP contribution >= 0.6 is 0 Å². The number of hydrogen-bond donors (Lipinski definition) is 2. The summed E-state index contributed by atoms with van der Waals surface area (Å²) in [4.78, 5) is 4.73. The van der Waals surface area contributed by atoms with Gasteiger partial charge in [-0.25, -0.2) is 4.99 Å². The van der Waals surface area contributed by atoms with Gasteiger partial charge in [0.05, 0.1) is 0 Å². The lowest BCUT2D eigenvalue weighted by Gasteiger charge is -2.19. The first-order valence-electron chi connectivity index (χ1n) is 10.6. The van der Waals surface area contributed by atoms with Crippen LogP contribution in [-0.2, 0) is 18.3 Å². The molecule has 1 aromatic heterocycles. The van der Waals surface area contributed by atoms with Gasteiger partial charge in [-0.05, 0) is 39.0 Å². The Hall–Kier alpha value is -1.63. The van der Waals surface area contributed by atoms with E-state index in [-0.39, 0.29) is 0 Å². The van der Waals surface area contributed by atoms with Gasteiger partial charge in [0, 0.05) is 33.4 Å². The second-order valence-electron chi connectivity index (χ2n) is 7.04. The Labute approximate surface area is 165 Å². The molecule has 0 fully saturated rings. The Morgan fingerprint density at radius 3 is 2.56 bits per heavy atom. The molecule has 0 aliphatic rings. The highest BCUT2D eigenvalue weighted by Crippen LogP contribution is 2.13. The molecule has 0 spiro atoms. The van der Waals surface area contributed by atoms with E-state index in [1.165, 1.54) is 32.1 Å². The minimum Gasteiger partial charge on any atom is -0.382 e. The zero-order chi connectivity index (χ0) is 19.9. The molecule has 0 aliphatic heterocycles. The van der Waals surface area contributed by atoms with Gasteiger partial charge in [0.15, 0.2) is 11.8 Å². The number of unbranched alkanes of at least 4 members (excludes halogenated alkanes) is 1. The van der Waals surface area contributed by atoms with Gasteiger partial charge in [0.2, 0.25) is 0 Å². The fourth-order valence-electron chi connectivity index (χ4n) is 2.93. The molecule has 1 aromatic rings. The summed E-state index contributed by atoms with van der Waals surface area (Å²) < 4.78 is 7.40. The number of ether oxygens (including phenoxy) is 1. The molecule has 0 amide bonds. The second kappa shape index (κ2) is 14.4. The molecule has 0 radical (unpaired) electrons. The van der Waals surface area contributed by atoms with E-state index in [0.717, 1.165) is 50.3 Å². The molecule has 1 atom stereocenters. The van der Waals surface area contributed by atoms with Crippen LogP contribution in [-0.4, -0.2) is 47.0 Å². The first-order chi connectivity index (χ1) is 13.1. The normalized spacial score (nSPS) is 13.0. The molecule has 0 saturated carbocycles. The number of nitrogens with zero attached hydrogens (tertiary/aromatic N) is 4. The van der Waals surface area contributed by atoms with E-state index in [1.54, 1.807) is 0 Å². The van der Waals surface area contributed by atoms with E-state index in [0.29, 0.717) is 12.5 Å². The predicted octanol–water partition coefficient (Wildman–Crippen LogP) is 3.19. The average molecular weight is 381 g/mol. The Balaban J connectivity index is 2.62. The van der Waals surface area contributed by atoms with Gasteiger partial charge >= 0.3 is 0 Å². The summed E-state index contributed by atoms with van der Waals surface area (Å²) in [5.41, 5.74) is 0. The first-order valence-corrected chi connectivity index (χ1v) is 10.6. The van der Waals surface area contributed by atoms with Gasteiger partial charge in [0.25, 0.3) is 0 Å². The fourth-order valence-corrected chi connectivity index (χ4v) is 2.93. The molecule has 0 bridgehead atoms. The van der Waals surface area contributed by atoms with E-state index >= 15 is 0 Å². The summed E-state index contributed by atoms with van der Waals surface area (Å²) in [6, 6.07) is 0. The van der Waals surface area contributed by atoms with Crippen LogP contribution in [0.5, 0.6) is 0 Å². The van der Waals surface area contributed by atoms with E-state index in [2.05, 4.69) is 34.7 Å². The fraction of sp³-hybridized carbons (Fsp3) is 0.850. The summed E-state index contributed by atoms with van der Waals surface area (Å²) in [6.45, 7) is 12.4. The molecule has 156 valence electrons. The Morgan fingerprint density at radius 1 is 1.11 bits per heavy atom. The number of aryl methyl sites for hydroxylation is 1. The van der Waals surface area contributed by atoms with Crippen molar-refractivity contribution in [2.45, 2.75) is 72.8 Å². The topological polar surface area (TPSA) is 76.4 Å². The maximum absolute atomic E-state index is 5.42. The summed E-state index contributed by atoms with van der Waals surface area (Å²) in [5.74, 6) is 3.33. The van der Waals surface area contributed by atoms with E-state index in [1.807, 2.05) is 25.5 Å². The zero-order valence-corrected chi connectivity index (χ0v) is 18.1. The van der Waals surface area contributed by atoms with Gasteiger partial charge < -0.3 is 19.9 Å². The van der Waals surface area contributed by atoms with Crippen LogP contribution in [0.3, 0.4) is 0 Å². The molecule has 1 rings (SSSR count). The highest BCUT2D eigenvalue weighted by molar-refractivity contribution is 5.79. The van der Waals surface area contributed by atoms with Crippen molar-refractivity contribution in [1.29, 1.82) is 0 Å². The quantitative estimate of drug-likeness (QED) is 0.294. The van der Waals surface area contributed by atoms with Gasteiger partial charge in [-0.2, -0.15) is 0 Å². The largest absolute Gasteiger partial charge is 0.382 e. The molecule has 7 heteroatoms. The van der Waals surface area contributed by atoms with Crippen LogP contribution in [0.15, 0.2) is 4.99 Å². The number of guanidine groups is 1. The molecule has 7 nitrogen and oxygen atoms in total. The Morgan fingerprint density at radius 2 is 1.93 bits per heavy atom. The standard InChI is InChI=1S/C20H40N6O/c1-6-9-12-18(11-7-2)15-22-20(21-13-10-14-27-8-3)23-16-19-25-24-17(4)26(19)5/h18H,6-16H2,1-5H3,(H2,21,22,23). The maximum Gasteiger partial charge on any atom is 0.191 e. The minimum atomic E-state index is 0.519. The lowest BCUT2D eigenvalue weighted by molar-refractivity contribution is 0.145. The van der Waals surface area contributed by atoms with Crippen molar-refractivity contribution in [1.82, 2.24) is 25.4 Å². The van der Waals surface area contributed by atoms with Crippen molar-refractivity contribution in [2.75, 3.05) is 26.3 Å². The number of aromatic nitrogens is 3. The van der Waals surface area contributed by atoms with Crippen molar-refractivity contribution in [3.05, 3.63) is 11.6 Å². The number of rotatable bonds is 14. The van der Waals surface area contributed by atoms with Crippen molar-refractivity contribution in [2.24, 2.45) is 18.0 Å². The summed E-state index contributed by atoms with van der Waals surface area (Å²) in [5, 5.41) is 15.3. The Kier molecular flexibility index (Phi) is 12.5. The van der Waals surface area contributed by atoms with Crippen molar-refractivity contribution in [3.63, 3.8) is 0 Å². The molecule has 0 aliphatic carbocycles. The molecule has 0 aromatic carbocycles. The third kappa shape index (κ3) is 9.75. The van der Waals surface area contributed by atoms with Crippen LogP contribution in [0.1, 0.15) is 70.9 Å². The molecular formula is C20H40N6O. The van der Waals surface area contributed by atoms with Gasteiger partial charge in [-0.15, -0.1) is 10.2 Å². The SMILES string of the molecule is CCCCC(CCC)CNC(=NCc1nnc(C)n1C)NCCCOCC. The van der Waals surface area contributed by atoms with Crippen LogP contribution in [0.25, 0.3) is 0 Å². The van der Waals surface area contributed by atoms with E-state index in [4.69, 9.17) is 9.73 Å². The van der Waals surface area contributed by atoms with E-state index in [9.17, 15) is 0 Å². The van der Waals surface area contributed by atoms with Crippen molar-refractivity contribution in [3.8, 4) is 0 Å². The number of nitrogens with one attached hydrogen (secondary N) is 2. The molecule has 1 unspecified atom stereocenters. The highest BCUT2D eigenvalue weighted by Gasteiger charge is 2.10. The van der Waals surface area contributed by atoms with E-state index < -0.39 is 0 Å². The average Bonchev–Trinajstić information content (AvgIpc) is 2.99. The monoisotopic (exact) mass is 380 g/mol. The lowest BCUT2D eigenvalue weighted by Crippen LogP contribution is -2.40.